The first-order chi connectivity index (χ1) is 17.0. The molecule has 0 N–H and O–H groups in total. The number of carbonyl (C=O) groups is 2. The normalized spacial score (nSPS) is 19.1. The van der Waals surface area contributed by atoms with Gasteiger partial charge >= 0.3 is 5.97 Å². The minimum atomic E-state index is -0.648. The summed E-state index contributed by atoms with van der Waals surface area (Å²) in [6, 6.07) is 19.2. The van der Waals surface area contributed by atoms with Crippen molar-refractivity contribution in [1.29, 1.82) is 0 Å². The molecule has 1 fully saturated rings. The molecule has 8 heteroatoms. The van der Waals surface area contributed by atoms with Crippen molar-refractivity contribution in [3.8, 4) is 11.5 Å². The molecule has 0 aromatic heterocycles. The Hall–Kier alpha value is -3.91. The first-order valence-electron chi connectivity index (χ1n) is 11.3. The van der Waals surface area contributed by atoms with Gasteiger partial charge in [0.25, 0.3) is 0 Å². The smallest absolute Gasteiger partial charge is 0.311 e. The van der Waals surface area contributed by atoms with Gasteiger partial charge in [0.1, 0.15) is 23.9 Å². The third kappa shape index (κ3) is 4.70. The van der Waals surface area contributed by atoms with E-state index in [-0.39, 0.29) is 32.1 Å². The fourth-order valence-corrected chi connectivity index (χ4v) is 4.38. The van der Waals surface area contributed by atoms with Gasteiger partial charge in [-0.05, 0) is 24.3 Å². The van der Waals surface area contributed by atoms with Crippen molar-refractivity contribution in [1.82, 2.24) is 0 Å². The Labute approximate surface area is 202 Å². The quantitative estimate of drug-likeness (QED) is 0.486. The van der Waals surface area contributed by atoms with E-state index in [1.807, 2.05) is 36.4 Å². The number of para-hydroxylation sites is 2. The lowest BCUT2D eigenvalue weighted by atomic mass is 10.1. The van der Waals surface area contributed by atoms with Gasteiger partial charge in [0.05, 0.1) is 25.3 Å². The molecule has 35 heavy (non-hydrogen) atoms. The van der Waals surface area contributed by atoms with Gasteiger partial charge in [-0.15, -0.1) is 0 Å². The van der Waals surface area contributed by atoms with Crippen LogP contribution in [0.1, 0.15) is 29.4 Å². The number of hydrogen-bond donors (Lipinski definition) is 0. The van der Waals surface area contributed by atoms with Crippen molar-refractivity contribution in [3.63, 3.8) is 0 Å². The maximum Gasteiger partial charge on any atom is 0.311 e. The van der Waals surface area contributed by atoms with Crippen LogP contribution in [-0.2, 0) is 32.3 Å². The number of halogens is 1. The van der Waals surface area contributed by atoms with E-state index >= 15 is 0 Å². The average Bonchev–Trinajstić information content (AvgIpc) is 3.28. The molecule has 0 bridgehead atoms. The minimum Gasteiger partial charge on any atom is -0.495 e. The van der Waals surface area contributed by atoms with E-state index in [9.17, 15) is 14.0 Å². The van der Waals surface area contributed by atoms with Gasteiger partial charge in [0.2, 0.25) is 12.2 Å². The zero-order valence-corrected chi connectivity index (χ0v) is 19.1. The van der Waals surface area contributed by atoms with Crippen molar-refractivity contribution < 1.29 is 32.9 Å². The molecule has 2 atom stereocenters. The summed E-state index contributed by atoms with van der Waals surface area (Å²) in [6.45, 7) is 0.165. The van der Waals surface area contributed by atoms with Crippen LogP contribution in [0.2, 0.25) is 0 Å². The molecule has 2 aliphatic heterocycles. The Morgan fingerprint density at radius 3 is 2.69 bits per heavy atom. The van der Waals surface area contributed by atoms with Gasteiger partial charge in [-0.1, -0.05) is 42.5 Å². The molecule has 2 heterocycles. The van der Waals surface area contributed by atoms with Crippen molar-refractivity contribution in [2.24, 2.45) is 5.92 Å². The molecule has 0 spiro atoms. The molecule has 0 saturated carbocycles. The van der Waals surface area contributed by atoms with Gasteiger partial charge < -0.3 is 23.8 Å². The highest BCUT2D eigenvalue weighted by atomic mass is 19.1. The predicted octanol–water partition coefficient (Wildman–Crippen LogP) is 4.54. The van der Waals surface area contributed by atoms with Crippen molar-refractivity contribution in [3.05, 3.63) is 89.2 Å². The van der Waals surface area contributed by atoms with Gasteiger partial charge in [-0.2, -0.15) is 0 Å². The topological polar surface area (TPSA) is 74.3 Å². The minimum absolute atomic E-state index is 0.0264. The molecule has 180 valence electrons. The number of hydrogen-bond acceptors (Lipinski definition) is 6. The molecular formula is C27H24FNO6. The van der Waals surface area contributed by atoms with Gasteiger partial charge in [0.15, 0.2) is 0 Å². The molecule has 1 amide bonds. The number of fused-ring (bicyclic) bond motifs is 1. The molecule has 5 rings (SSSR count). The number of amides is 1. The van der Waals surface area contributed by atoms with Crippen LogP contribution in [0.15, 0.2) is 66.7 Å². The summed E-state index contributed by atoms with van der Waals surface area (Å²) < 4.78 is 36.9. The van der Waals surface area contributed by atoms with Crippen molar-refractivity contribution >= 4 is 17.6 Å². The number of nitrogens with zero attached hydrogens (tertiary/aromatic N) is 1. The van der Waals surface area contributed by atoms with Gasteiger partial charge in [-0.25, -0.2) is 4.39 Å². The Kier molecular flexibility index (Phi) is 6.37. The highest BCUT2D eigenvalue weighted by molar-refractivity contribution is 6.00. The second-order valence-electron chi connectivity index (χ2n) is 8.41. The standard InChI is InChI=1S/C27H24FNO6/c1-32-23-10-6-5-9-22(23)29-14-18(13-24(29)30)26(31)33-15-19-11-21(28)12-20-16-34-27(35-25(19)20)17-7-3-2-4-8-17/h2-12,18,27H,13-16H2,1H3/t18-,27-/m1/s1. The van der Waals surface area contributed by atoms with Gasteiger partial charge in [0, 0.05) is 29.7 Å². The highest BCUT2D eigenvalue weighted by Gasteiger charge is 2.37. The average molecular weight is 477 g/mol. The first kappa shape index (κ1) is 22.9. The molecule has 0 radical (unpaired) electrons. The van der Waals surface area contributed by atoms with Crippen LogP contribution in [0.3, 0.4) is 0 Å². The lowest BCUT2D eigenvalue weighted by molar-refractivity contribution is -0.150. The monoisotopic (exact) mass is 477 g/mol. The van der Waals surface area contributed by atoms with Crippen LogP contribution in [0.4, 0.5) is 10.1 Å². The Bertz CT molecular complexity index is 1250. The maximum atomic E-state index is 14.2. The summed E-state index contributed by atoms with van der Waals surface area (Å²) in [6.07, 6.45) is -0.621. The lowest BCUT2D eigenvalue weighted by Crippen LogP contribution is -2.27. The van der Waals surface area contributed by atoms with E-state index in [1.165, 1.54) is 24.1 Å². The Morgan fingerprint density at radius 2 is 1.89 bits per heavy atom. The summed E-state index contributed by atoms with van der Waals surface area (Å²) in [5, 5.41) is 0. The Morgan fingerprint density at radius 1 is 1.11 bits per heavy atom. The van der Waals surface area contributed by atoms with Crippen molar-refractivity contribution in [2.45, 2.75) is 25.9 Å². The SMILES string of the molecule is COc1ccccc1N1C[C@H](C(=O)OCc2cc(F)cc3c2O[C@H](c2ccccc2)OC3)CC1=O. The summed E-state index contributed by atoms with van der Waals surface area (Å²) >= 11 is 0. The fraction of sp³-hybridized carbons (Fsp3) is 0.259. The van der Waals surface area contributed by atoms with Crippen LogP contribution < -0.4 is 14.4 Å². The molecule has 3 aromatic rings. The number of ether oxygens (including phenoxy) is 4. The van der Waals surface area contributed by atoms with Crippen LogP contribution in [0.5, 0.6) is 11.5 Å². The largest absolute Gasteiger partial charge is 0.495 e. The molecule has 0 unspecified atom stereocenters. The third-order valence-electron chi connectivity index (χ3n) is 6.10. The summed E-state index contributed by atoms with van der Waals surface area (Å²) in [4.78, 5) is 27.0. The summed E-state index contributed by atoms with van der Waals surface area (Å²) in [5.74, 6) is -0.839. The lowest BCUT2D eigenvalue weighted by Gasteiger charge is -2.28. The zero-order chi connectivity index (χ0) is 24.4. The molecule has 3 aromatic carbocycles. The van der Waals surface area contributed by atoms with Crippen LogP contribution >= 0.6 is 0 Å². The second-order valence-corrected chi connectivity index (χ2v) is 8.41. The number of carbonyl (C=O) groups excluding carboxylic acids is 2. The molecule has 0 aliphatic carbocycles. The Balaban J connectivity index is 1.28. The maximum absolute atomic E-state index is 14.2. The number of rotatable bonds is 6. The molecule has 2 aliphatic rings. The van der Waals surface area contributed by atoms with E-state index < -0.39 is 24.0 Å². The predicted molar refractivity (Wildman–Crippen MR) is 124 cm³/mol. The number of benzene rings is 3. The second kappa shape index (κ2) is 9.76. The van der Waals surface area contributed by atoms with Gasteiger partial charge in [-0.3, -0.25) is 9.59 Å². The molecule has 7 nitrogen and oxygen atoms in total. The number of methoxy groups -OCH3 is 1. The van der Waals surface area contributed by atoms with Crippen LogP contribution in [0.25, 0.3) is 0 Å². The zero-order valence-electron chi connectivity index (χ0n) is 19.1. The highest BCUT2D eigenvalue weighted by Crippen LogP contribution is 2.37. The van der Waals surface area contributed by atoms with E-state index in [4.69, 9.17) is 18.9 Å². The van der Waals surface area contributed by atoms with Crippen LogP contribution in [0, 0.1) is 11.7 Å². The summed E-state index contributed by atoms with van der Waals surface area (Å²) in [7, 11) is 1.53. The molecular weight excluding hydrogens is 453 g/mol. The number of anilines is 1. The fourth-order valence-electron chi connectivity index (χ4n) is 4.38. The van der Waals surface area contributed by atoms with E-state index in [1.54, 1.807) is 18.2 Å². The number of esters is 1. The first-order valence-corrected chi connectivity index (χ1v) is 11.3. The molecule has 1 saturated heterocycles. The van der Waals surface area contributed by atoms with E-state index in [2.05, 4.69) is 0 Å². The van der Waals surface area contributed by atoms with E-state index in [0.717, 1.165) is 5.56 Å². The van der Waals surface area contributed by atoms with E-state index in [0.29, 0.717) is 28.3 Å². The van der Waals surface area contributed by atoms with Crippen LogP contribution in [-0.4, -0.2) is 25.5 Å². The third-order valence-corrected chi connectivity index (χ3v) is 6.10. The summed E-state index contributed by atoms with van der Waals surface area (Å²) in [5.41, 5.74) is 2.38. The van der Waals surface area contributed by atoms with Crippen molar-refractivity contribution in [2.75, 3.05) is 18.6 Å².